The van der Waals surface area contributed by atoms with E-state index in [-0.39, 0.29) is 18.3 Å². The Bertz CT molecular complexity index is 749. The topological polar surface area (TPSA) is 104 Å². The van der Waals surface area contributed by atoms with Gasteiger partial charge in [0, 0.05) is 18.2 Å². The van der Waals surface area contributed by atoms with Gasteiger partial charge in [0.15, 0.2) is 0 Å². The number of hydrogen-bond donors (Lipinski definition) is 2. The molecule has 1 amide bonds. The van der Waals surface area contributed by atoms with Gasteiger partial charge in [0.05, 0.1) is 26.1 Å². The van der Waals surface area contributed by atoms with Crippen LogP contribution in [-0.2, 0) is 20.7 Å². The molecule has 1 heterocycles. The maximum absolute atomic E-state index is 12.4. The molecule has 132 valence electrons. The average molecular weight is 343 g/mol. The molecular weight excluding hydrogens is 322 g/mol. The van der Waals surface area contributed by atoms with E-state index in [2.05, 4.69) is 15.0 Å². The Balaban J connectivity index is 2.06. The van der Waals surface area contributed by atoms with Gasteiger partial charge < -0.3 is 20.5 Å². The first kappa shape index (κ1) is 18.4. The monoisotopic (exact) mass is 343 g/mol. The summed E-state index contributed by atoms with van der Waals surface area (Å²) in [6.45, 7) is 0. The predicted octanol–water partition coefficient (Wildman–Crippen LogP) is 1.83. The summed E-state index contributed by atoms with van der Waals surface area (Å²) in [6.07, 6.45) is 3.88. The minimum atomic E-state index is -0.880. The van der Waals surface area contributed by atoms with Crippen LogP contribution in [0.2, 0.25) is 0 Å². The van der Waals surface area contributed by atoms with Crippen LogP contribution in [0.25, 0.3) is 0 Å². The minimum absolute atomic E-state index is 0.246. The quantitative estimate of drug-likeness (QED) is 0.744. The number of nitrogens with one attached hydrogen (secondary N) is 1. The van der Waals surface area contributed by atoms with Crippen molar-refractivity contribution in [1.82, 2.24) is 4.98 Å². The molecule has 2 rings (SSSR count). The van der Waals surface area contributed by atoms with Gasteiger partial charge in [-0.3, -0.25) is 14.6 Å². The van der Waals surface area contributed by atoms with E-state index in [1.807, 2.05) is 6.07 Å². The molecule has 0 spiro atoms. The zero-order valence-electron chi connectivity index (χ0n) is 14.2. The van der Waals surface area contributed by atoms with Gasteiger partial charge in [0.2, 0.25) is 5.91 Å². The number of nitrogens with zero attached hydrogens (tertiary/aromatic N) is 1. The number of carbonyl (C=O) groups excluding carboxylic acids is 2. The van der Waals surface area contributed by atoms with Crippen molar-refractivity contribution in [2.45, 2.75) is 18.9 Å². The number of pyridine rings is 1. The standard InChI is InChI=1S/C18H21N3O4/c1-24-15-6-4-3-5-14(15)17(19)18(23)21-13-9-12(10-20-11-13)7-8-16(22)25-2/h3-6,9-11,17H,7-8,19H2,1-2H3,(H,21,23). The van der Waals surface area contributed by atoms with E-state index in [1.165, 1.54) is 20.4 Å². The molecule has 1 atom stereocenters. The molecule has 0 aliphatic heterocycles. The van der Waals surface area contributed by atoms with Crippen LogP contribution in [0.5, 0.6) is 5.75 Å². The number of aryl methyl sites for hydroxylation is 1. The maximum atomic E-state index is 12.4. The number of esters is 1. The molecule has 0 bridgehead atoms. The summed E-state index contributed by atoms with van der Waals surface area (Å²) in [4.78, 5) is 27.7. The number of amides is 1. The number of nitrogens with two attached hydrogens (primary N) is 1. The van der Waals surface area contributed by atoms with Crippen molar-refractivity contribution in [3.05, 3.63) is 53.9 Å². The van der Waals surface area contributed by atoms with Crippen molar-refractivity contribution in [2.24, 2.45) is 5.73 Å². The molecule has 0 aliphatic rings. The van der Waals surface area contributed by atoms with Gasteiger partial charge in [-0.05, 0) is 24.1 Å². The lowest BCUT2D eigenvalue weighted by atomic mass is 10.1. The Kier molecular flexibility index (Phi) is 6.47. The van der Waals surface area contributed by atoms with E-state index < -0.39 is 6.04 Å². The van der Waals surface area contributed by atoms with Crippen molar-refractivity contribution in [1.29, 1.82) is 0 Å². The number of anilines is 1. The van der Waals surface area contributed by atoms with Crippen LogP contribution < -0.4 is 15.8 Å². The molecule has 0 radical (unpaired) electrons. The fraction of sp³-hybridized carbons (Fsp3) is 0.278. The zero-order chi connectivity index (χ0) is 18.2. The number of para-hydroxylation sites is 1. The van der Waals surface area contributed by atoms with Gasteiger partial charge in [0.25, 0.3) is 0 Å². The van der Waals surface area contributed by atoms with Crippen LogP contribution in [0.15, 0.2) is 42.7 Å². The smallest absolute Gasteiger partial charge is 0.305 e. The maximum Gasteiger partial charge on any atom is 0.305 e. The second-order valence-electron chi connectivity index (χ2n) is 5.37. The highest BCUT2D eigenvalue weighted by molar-refractivity contribution is 5.95. The number of benzene rings is 1. The molecule has 1 aromatic carbocycles. The van der Waals surface area contributed by atoms with E-state index in [4.69, 9.17) is 10.5 Å². The summed E-state index contributed by atoms with van der Waals surface area (Å²) in [7, 11) is 2.87. The van der Waals surface area contributed by atoms with Gasteiger partial charge in [-0.25, -0.2) is 0 Å². The lowest BCUT2D eigenvalue weighted by molar-refractivity contribution is -0.140. The SMILES string of the molecule is COC(=O)CCc1cncc(NC(=O)C(N)c2ccccc2OC)c1. The van der Waals surface area contributed by atoms with Gasteiger partial charge in [-0.2, -0.15) is 0 Å². The Morgan fingerprint density at radius 3 is 2.72 bits per heavy atom. The zero-order valence-corrected chi connectivity index (χ0v) is 14.2. The fourth-order valence-electron chi connectivity index (χ4n) is 2.33. The van der Waals surface area contributed by atoms with Crippen LogP contribution in [0, 0.1) is 0 Å². The molecule has 0 saturated heterocycles. The molecule has 7 nitrogen and oxygen atoms in total. The van der Waals surface area contributed by atoms with Crippen LogP contribution in [0.4, 0.5) is 5.69 Å². The molecule has 3 N–H and O–H groups in total. The highest BCUT2D eigenvalue weighted by Crippen LogP contribution is 2.24. The Morgan fingerprint density at radius 2 is 2.00 bits per heavy atom. The van der Waals surface area contributed by atoms with Crippen LogP contribution in [-0.4, -0.2) is 31.1 Å². The van der Waals surface area contributed by atoms with Crippen molar-refractivity contribution in [3.63, 3.8) is 0 Å². The first-order valence-electron chi connectivity index (χ1n) is 7.75. The molecule has 0 aliphatic carbocycles. The summed E-state index contributed by atoms with van der Waals surface area (Å²) in [5.74, 6) is -0.126. The lowest BCUT2D eigenvalue weighted by Crippen LogP contribution is -2.28. The highest BCUT2D eigenvalue weighted by Gasteiger charge is 2.19. The number of aromatic nitrogens is 1. The molecule has 1 aromatic heterocycles. The van der Waals surface area contributed by atoms with Crippen molar-refractivity contribution in [3.8, 4) is 5.75 Å². The summed E-state index contributed by atoms with van der Waals surface area (Å²) >= 11 is 0. The third-order valence-corrected chi connectivity index (χ3v) is 3.66. The Labute approximate surface area is 146 Å². The Morgan fingerprint density at radius 1 is 1.24 bits per heavy atom. The first-order valence-corrected chi connectivity index (χ1v) is 7.75. The van der Waals surface area contributed by atoms with E-state index in [0.717, 1.165) is 5.56 Å². The molecule has 1 unspecified atom stereocenters. The van der Waals surface area contributed by atoms with Crippen LogP contribution in [0.1, 0.15) is 23.6 Å². The van der Waals surface area contributed by atoms with Gasteiger partial charge in [-0.1, -0.05) is 18.2 Å². The van der Waals surface area contributed by atoms with Crippen LogP contribution in [0.3, 0.4) is 0 Å². The van der Waals surface area contributed by atoms with Gasteiger partial charge in [0.1, 0.15) is 11.8 Å². The molecule has 0 fully saturated rings. The average Bonchev–Trinajstić information content (AvgIpc) is 2.65. The minimum Gasteiger partial charge on any atom is -0.496 e. The summed E-state index contributed by atoms with van der Waals surface area (Å²) in [6, 6.07) is 7.96. The summed E-state index contributed by atoms with van der Waals surface area (Å²) in [5.41, 5.74) is 7.96. The van der Waals surface area contributed by atoms with Gasteiger partial charge >= 0.3 is 5.97 Å². The number of ether oxygens (including phenoxy) is 2. The largest absolute Gasteiger partial charge is 0.496 e. The second-order valence-corrected chi connectivity index (χ2v) is 5.37. The summed E-state index contributed by atoms with van der Waals surface area (Å²) < 4.78 is 9.85. The number of rotatable bonds is 7. The van der Waals surface area contributed by atoms with Crippen LogP contribution >= 0.6 is 0 Å². The van der Waals surface area contributed by atoms with E-state index >= 15 is 0 Å². The molecule has 2 aromatic rings. The van der Waals surface area contributed by atoms with E-state index in [9.17, 15) is 9.59 Å². The van der Waals surface area contributed by atoms with Crippen molar-refractivity contribution < 1.29 is 19.1 Å². The molecule has 0 saturated carbocycles. The third kappa shape index (κ3) is 5.02. The van der Waals surface area contributed by atoms with Crippen molar-refractivity contribution >= 4 is 17.6 Å². The first-order chi connectivity index (χ1) is 12.0. The number of methoxy groups -OCH3 is 2. The molecule has 25 heavy (non-hydrogen) atoms. The number of carbonyl (C=O) groups is 2. The van der Waals surface area contributed by atoms with E-state index in [0.29, 0.717) is 23.4 Å². The van der Waals surface area contributed by atoms with E-state index in [1.54, 1.807) is 30.5 Å². The second kappa shape index (κ2) is 8.79. The number of hydrogen-bond acceptors (Lipinski definition) is 6. The fourth-order valence-corrected chi connectivity index (χ4v) is 2.33. The Hall–Kier alpha value is -2.93. The summed E-state index contributed by atoms with van der Waals surface area (Å²) in [5, 5.41) is 2.74. The lowest BCUT2D eigenvalue weighted by Gasteiger charge is -2.15. The predicted molar refractivity (Wildman–Crippen MR) is 93.1 cm³/mol. The highest BCUT2D eigenvalue weighted by atomic mass is 16.5. The third-order valence-electron chi connectivity index (χ3n) is 3.66. The normalized spacial score (nSPS) is 11.5. The van der Waals surface area contributed by atoms with Crippen molar-refractivity contribution in [2.75, 3.05) is 19.5 Å². The van der Waals surface area contributed by atoms with Gasteiger partial charge in [-0.15, -0.1) is 0 Å². The molecular formula is C18H21N3O4. The molecule has 7 heteroatoms.